The average Bonchev–Trinajstić information content (AvgIpc) is 2.86. The minimum absolute atomic E-state index is 0.257. The maximum atomic E-state index is 12.2. The number of aromatic nitrogens is 2. The van der Waals surface area contributed by atoms with Crippen LogP contribution in [0.25, 0.3) is 0 Å². The quantitative estimate of drug-likeness (QED) is 0.923. The lowest BCUT2D eigenvalue weighted by Gasteiger charge is -2.13. The standard InChI is InChI=1S/C11H13ClF3N3OS/c12-9-8(16-4-7-2-1-3-20-7)5-17-18(10(9)19)6-11(13,14)15/h5,7,16H,1-4,6H2. The molecular formula is C11H13ClF3N3OS. The van der Waals surface area contributed by atoms with Gasteiger partial charge in [0, 0.05) is 11.8 Å². The Labute approximate surface area is 122 Å². The zero-order valence-corrected chi connectivity index (χ0v) is 12.0. The first-order valence-electron chi connectivity index (χ1n) is 6.04. The average molecular weight is 328 g/mol. The maximum Gasteiger partial charge on any atom is 0.408 e. The molecule has 1 aromatic rings. The number of anilines is 1. The maximum absolute atomic E-state index is 12.2. The summed E-state index contributed by atoms with van der Waals surface area (Å²) in [5.41, 5.74) is -0.657. The molecule has 1 aliphatic heterocycles. The van der Waals surface area contributed by atoms with E-state index in [4.69, 9.17) is 11.6 Å². The predicted octanol–water partition coefficient (Wildman–Crippen LogP) is 2.77. The molecule has 1 aliphatic rings. The van der Waals surface area contributed by atoms with Crippen LogP contribution in [0.15, 0.2) is 11.0 Å². The van der Waals surface area contributed by atoms with E-state index in [-0.39, 0.29) is 10.7 Å². The van der Waals surface area contributed by atoms with Crippen LogP contribution in [0.1, 0.15) is 12.8 Å². The second-order valence-electron chi connectivity index (χ2n) is 4.47. The van der Waals surface area contributed by atoms with Gasteiger partial charge in [0.15, 0.2) is 0 Å². The molecule has 9 heteroatoms. The van der Waals surface area contributed by atoms with Gasteiger partial charge in [-0.25, -0.2) is 4.68 Å². The highest BCUT2D eigenvalue weighted by molar-refractivity contribution is 8.00. The number of nitrogens with one attached hydrogen (secondary N) is 1. The molecule has 0 spiro atoms. The first-order valence-corrected chi connectivity index (χ1v) is 7.47. The molecule has 1 unspecified atom stereocenters. The summed E-state index contributed by atoms with van der Waals surface area (Å²) in [7, 11) is 0. The van der Waals surface area contributed by atoms with E-state index in [1.54, 1.807) is 0 Å². The molecule has 1 saturated heterocycles. The smallest absolute Gasteiger partial charge is 0.381 e. The minimum atomic E-state index is -4.50. The summed E-state index contributed by atoms with van der Waals surface area (Å²) in [6.07, 6.45) is -1.12. The SMILES string of the molecule is O=c1c(Cl)c(NCC2CCCS2)cnn1CC(F)(F)F. The van der Waals surface area contributed by atoms with Crippen molar-refractivity contribution in [1.29, 1.82) is 0 Å². The molecule has 1 atom stereocenters. The van der Waals surface area contributed by atoms with E-state index in [1.807, 2.05) is 11.8 Å². The van der Waals surface area contributed by atoms with E-state index in [0.29, 0.717) is 16.5 Å². The molecule has 1 N–H and O–H groups in total. The van der Waals surface area contributed by atoms with Crippen molar-refractivity contribution >= 4 is 29.1 Å². The van der Waals surface area contributed by atoms with Gasteiger partial charge in [0.05, 0.1) is 11.9 Å². The third-order valence-corrected chi connectivity index (χ3v) is 4.62. The van der Waals surface area contributed by atoms with Crippen molar-refractivity contribution < 1.29 is 13.2 Å². The van der Waals surface area contributed by atoms with Gasteiger partial charge >= 0.3 is 6.18 Å². The number of alkyl halides is 3. The Morgan fingerprint density at radius 2 is 2.30 bits per heavy atom. The van der Waals surface area contributed by atoms with Crippen molar-refractivity contribution in [2.75, 3.05) is 17.6 Å². The summed E-state index contributed by atoms with van der Waals surface area (Å²) < 4.78 is 37.1. The summed E-state index contributed by atoms with van der Waals surface area (Å²) >= 11 is 7.63. The zero-order valence-electron chi connectivity index (χ0n) is 10.4. The van der Waals surface area contributed by atoms with Crippen molar-refractivity contribution in [3.8, 4) is 0 Å². The first-order chi connectivity index (χ1) is 9.37. The summed E-state index contributed by atoms with van der Waals surface area (Å²) in [5.74, 6) is 1.10. The summed E-state index contributed by atoms with van der Waals surface area (Å²) in [4.78, 5) is 11.7. The molecule has 4 nitrogen and oxygen atoms in total. The molecular weight excluding hydrogens is 315 g/mol. The first kappa shape index (κ1) is 15.5. The van der Waals surface area contributed by atoms with Crippen LogP contribution in [-0.4, -0.2) is 33.5 Å². The van der Waals surface area contributed by atoms with Crippen LogP contribution < -0.4 is 10.9 Å². The highest BCUT2D eigenvalue weighted by Crippen LogP contribution is 2.27. The molecule has 0 aromatic carbocycles. The van der Waals surface area contributed by atoms with Crippen LogP contribution in [0.4, 0.5) is 18.9 Å². The van der Waals surface area contributed by atoms with Crippen LogP contribution in [0.3, 0.4) is 0 Å². The van der Waals surface area contributed by atoms with E-state index in [9.17, 15) is 18.0 Å². The topological polar surface area (TPSA) is 46.9 Å². The molecule has 1 fully saturated rings. The Bertz CT molecular complexity index is 529. The van der Waals surface area contributed by atoms with Crippen LogP contribution in [-0.2, 0) is 6.54 Å². The monoisotopic (exact) mass is 327 g/mol. The third kappa shape index (κ3) is 4.05. The van der Waals surface area contributed by atoms with Crippen LogP contribution in [0.5, 0.6) is 0 Å². The van der Waals surface area contributed by atoms with Gasteiger partial charge in [0.2, 0.25) is 0 Å². The molecule has 0 amide bonds. The molecule has 0 bridgehead atoms. The zero-order chi connectivity index (χ0) is 14.8. The Hall–Kier alpha value is -0.890. The lowest BCUT2D eigenvalue weighted by molar-refractivity contribution is -0.143. The van der Waals surface area contributed by atoms with Crippen LogP contribution in [0, 0.1) is 0 Å². The van der Waals surface area contributed by atoms with Crippen molar-refractivity contribution in [1.82, 2.24) is 9.78 Å². The lowest BCUT2D eigenvalue weighted by Crippen LogP contribution is -2.31. The molecule has 20 heavy (non-hydrogen) atoms. The highest BCUT2D eigenvalue weighted by Gasteiger charge is 2.29. The van der Waals surface area contributed by atoms with Crippen molar-refractivity contribution in [3.63, 3.8) is 0 Å². The number of hydrogen-bond acceptors (Lipinski definition) is 4. The number of rotatable bonds is 4. The van der Waals surface area contributed by atoms with Crippen LogP contribution >= 0.6 is 23.4 Å². The Kier molecular flexibility index (Phi) is 4.85. The molecule has 0 aliphatic carbocycles. The van der Waals surface area contributed by atoms with E-state index in [2.05, 4.69) is 10.4 Å². The molecule has 2 rings (SSSR count). The van der Waals surface area contributed by atoms with E-state index < -0.39 is 18.3 Å². The fourth-order valence-electron chi connectivity index (χ4n) is 1.90. The lowest BCUT2D eigenvalue weighted by atomic mass is 10.2. The van der Waals surface area contributed by atoms with Crippen molar-refractivity contribution in [3.05, 3.63) is 21.6 Å². The summed E-state index contributed by atoms with van der Waals surface area (Å²) in [6, 6.07) is 0. The van der Waals surface area contributed by atoms with Gasteiger partial charge in [-0.2, -0.15) is 30.0 Å². The largest absolute Gasteiger partial charge is 0.408 e. The molecule has 1 aromatic heterocycles. The van der Waals surface area contributed by atoms with Crippen LogP contribution in [0.2, 0.25) is 5.02 Å². The Morgan fingerprint density at radius 3 is 2.90 bits per heavy atom. The van der Waals surface area contributed by atoms with Gasteiger partial charge < -0.3 is 5.32 Å². The highest BCUT2D eigenvalue weighted by atomic mass is 35.5. The van der Waals surface area contributed by atoms with Gasteiger partial charge in [-0.3, -0.25) is 4.79 Å². The molecule has 2 heterocycles. The van der Waals surface area contributed by atoms with Gasteiger partial charge in [-0.05, 0) is 18.6 Å². The number of thioether (sulfide) groups is 1. The van der Waals surface area contributed by atoms with E-state index >= 15 is 0 Å². The van der Waals surface area contributed by atoms with E-state index in [1.165, 1.54) is 0 Å². The van der Waals surface area contributed by atoms with Gasteiger partial charge in [-0.1, -0.05) is 11.6 Å². The fourth-order valence-corrected chi connectivity index (χ4v) is 3.31. The number of halogens is 4. The molecule has 0 radical (unpaired) electrons. The van der Waals surface area contributed by atoms with Crippen molar-refractivity contribution in [2.45, 2.75) is 30.8 Å². The second kappa shape index (κ2) is 6.26. The van der Waals surface area contributed by atoms with Crippen molar-refractivity contribution in [2.24, 2.45) is 0 Å². The summed E-state index contributed by atoms with van der Waals surface area (Å²) in [6.45, 7) is -0.820. The van der Waals surface area contributed by atoms with E-state index in [0.717, 1.165) is 24.8 Å². The fraction of sp³-hybridized carbons (Fsp3) is 0.636. The third-order valence-electron chi connectivity index (χ3n) is 2.86. The Morgan fingerprint density at radius 1 is 1.55 bits per heavy atom. The summed E-state index contributed by atoms with van der Waals surface area (Å²) in [5, 5.41) is 6.65. The van der Waals surface area contributed by atoms with Gasteiger partial charge in [0.25, 0.3) is 5.56 Å². The number of hydrogen-bond donors (Lipinski definition) is 1. The minimum Gasteiger partial charge on any atom is -0.381 e. The second-order valence-corrected chi connectivity index (χ2v) is 6.25. The van der Waals surface area contributed by atoms with Gasteiger partial charge in [0.1, 0.15) is 11.6 Å². The molecule has 0 saturated carbocycles. The number of nitrogens with zero attached hydrogens (tertiary/aromatic N) is 2. The Balaban J connectivity index is 2.07. The predicted molar refractivity (Wildman–Crippen MR) is 73.5 cm³/mol. The normalized spacial score (nSPS) is 19.3. The molecule has 112 valence electrons. The van der Waals surface area contributed by atoms with Gasteiger partial charge in [-0.15, -0.1) is 0 Å².